The number of anilines is 1. The number of rotatable bonds is 5. The standard InChI is InChI=1S/C19H20FN3O4S/c20-17-9-16(7-14(12-24)19(17)25)28(26,27)23-10-15(11-23)13-3-4-21-18(8-13)22-5-1-2-6-22/h3-4,7-9,12,15,25H,1-2,5-6,10-11H2. The van der Waals surface area contributed by atoms with Crippen molar-refractivity contribution in [1.29, 1.82) is 0 Å². The quantitative estimate of drug-likeness (QED) is 0.767. The maximum absolute atomic E-state index is 13.8. The summed E-state index contributed by atoms with van der Waals surface area (Å²) in [5.74, 6) is -1.04. The van der Waals surface area contributed by atoms with E-state index in [0.29, 0.717) is 0 Å². The lowest BCUT2D eigenvalue weighted by molar-refractivity contribution is 0.112. The minimum absolute atomic E-state index is 0.0339. The predicted molar refractivity (Wildman–Crippen MR) is 101 cm³/mol. The molecular formula is C19H20FN3O4S. The van der Waals surface area contributed by atoms with E-state index < -0.39 is 21.6 Å². The van der Waals surface area contributed by atoms with Crippen molar-refractivity contribution in [2.75, 3.05) is 31.1 Å². The molecule has 0 bridgehead atoms. The molecule has 0 atom stereocenters. The Balaban J connectivity index is 1.51. The van der Waals surface area contributed by atoms with Crippen molar-refractivity contribution in [2.45, 2.75) is 23.7 Å². The molecule has 0 amide bonds. The molecule has 4 rings (SSSR count). The van der Waals surface area contributed by atoms with Crippen molar-refractivity contribution in [3.63, 3.8) is 0 Å². The molecular weight excluding hydrogens is 385 g/mol. The number of carbonyl (C=O) groups excluding carboxylic acids is 1. The molecule has 28 heavy (non-hydrogen) atoms. The minimum atomic E-state index is -3.94. The van der Waals surface area contributed by atoms with E-state index in [-0.39, 0.29) is 35.8 Å². The third-order valence-electron chi connectivity index (χ3n) is 5.35. The number of benzene rings is 1. The first kappa shape index (κ1) is 18.8. The van der Waals surface area contributed by atoms with Gasteiger partial charge in [-0.3, -0.25) is 4.79 Å². The summed E-state index contributed by atoms with van der Waals surface area (Å²) in [4.78, 5) is 17.2. The molecule has 2 aliphatic rings. The van der Waals surface area contributed by atoms with Crippen LogP contribution in [0.5, 0.6) is 5.75 Å². The van der Waals surface area contributed by atoms with Crippen LogP contribution in [0, 0.1) is 5.82 Å². The lowest BCUT2D eigenvalue weighted by atomic mass is 9.94. The second-order valence-corrected chi connectivity index (χ2v) is 9.06. The van der Waals surface area contributed by atoms with Gasteiger partial charge in [-0.1, -0.05) is 0 Å². The summed E-state index contributed by atoms with van der Waals surface area (Å²) in [6.07, 6.45) is 4.26. The number of aldehydes is 1. The average molecular weight is 405 g/mol. The highest BCUT2D eigenvalue weighted by molar-refractivity contribution is 7.89. The summed E-state index contributed by atoms with van der Waals surface area (Å²) in [7, 11) is -3.94. The monoisotopic (exact) mass is 405 g/mol. The lowest BCUT2D eigenvalue weighted by Crippen LogP contribution is -2.48. The summed E-state index contributed by atoms with van der Waals surface area (Å²) in [6, 6.07) is 5.62. The van der Waals surface area contributed by atoms with Gasteiger partial charge >= 0.3 is 0 Å². The van der Waals surface area contributed by atoms with E-state index in [2.05, 4.69) is 9.88 Å². The van der Waals surface area contributed by atoms with Crippen LogP contribution in [0.25, 0.3) is 0 Å². The number of hydrogen-bond acceptors (Lipinski definition) is 6. The van der Waals surface area contributed by atoms with Crippen LogP contribution in [-0.4, -0.2) is 55.3 Å². The molecule has 0 saturated carbocycles. The van der Waals surface area contributed by atoms with E-state index in [1.807, 2.05) is 12.1 Å². The van der Waals surface area contributed by atoms with Gasteiger partial charge in [0.05, 0.1) is 10.5 Å². The van der Waals surface area contributed by atoms with Gasteiger partial charge < -0.3 is 10.0 Å². The van der Waals surface area contributed by atoms with Crippen LogP contribution in [0.1, 0.15) is 34.7 Å². The van der Waals surface area contributed by atoms with Crippen molar-refractivity contribution in [1.82, 2.24) is 9.29 Å². The van der Waals surface area contributed by atoms with E-state index in [9.17, 15) is 22.7 Å². The van der Waals surface area contributed by atoms with Gasteiger partial charge in [0.2, 0.25) is 10.0 Å². The minimum Gasteiger partial charge on any atom is -0.504 e. The average Bonchev–Trinajstić information content (AvgIpc) is 3.17. The largest absolute Gasteiger partial charge is 0.504 e. The number of pyridine rings is 1. The van der Waals surface area contributed by atoms with Gasteiger partial charge in [0.1, 0.15) is 5.82 Å². The molecule has 148 valence electrons. The Bertz CT molecular complexity index is 1020. The Morgan fingerprint density at radius 3 is 2.57 bits per heavy atom. The zero-order chi connectivity index (χ0) is 19.9. The molecule has 0 aliphatic carbocycles. The third kappa shape index (κ3) is 3.24. The van der Waals surface area contributed by atoms with Gasteiger partial charge in [-0.25, -0.2) is 17.8 Å². The number of sulfonamides is 1. The van der Waals surface area contributed by atoms with Crippen LogP contribution >= 0.6 is 0 Å². The first-order valence-electron chi connectivity index (χ1n) is 9.09. The number of halogens is 1. The topological polar surface area (TPSA) is 90.8 Å². The Kier molecular flexibility index (Phi) is 4.80. The molecule has 2 aromatic rings. The summed E-state index contributed by atoms with van der Waals surface area (Å²) < 4.78 is 40.5. The normalized spacial score (nSPS) is 18.2. The molecule has 0 radical (unpaired) electrons. The number of hydrogen-bond donors (Lipinski definition) is 1. The summed E-state index contributed by atoms with van der Waals surface area (Å²) in [5.41, 5.74) is 0.633. The van der Waals surface area contributed by atoms with Crippen LogP contribution in [-0.2, 0) is 10.0 Å². The van der Waals surface area contributed by atoms with Crippen LogP contribution in [0.4, 0.5) is 10.2 Å². The molecule has 1 aromatic heterocycles. The zero-order valence-corrected chi connectivity index (χ0v) is 15.9. The number of aromatic nitrogens is 1. The summed E-state index contributed by atoms with van der Waals surface area (Å²) >= 11 is 0. The fourth-order valence-electron chi connectivity index (χ4n) is 3.63. The fraction of sp³-hybridized carbons (Fsp3) is 0.368. The summed E-state index contributed by atoms with van der Waals surface area (Å²) in [6.45, 7) is 2.50. The Hall–Kier alpha value is -2.52. The van der Waals surface area contributed by atoms with Gasteiger partial charge in [0.15, 0.2) is 17.9 Å². The van der Waals surface area contributed by atoms with Gasteiger partial charge in [0, 0.05) is 38.3 Å². The van der Waals surface area contributed by atoms with Crippen molar-refractivity contribution >= 4 is 22.1 Å². The second-order valence-electron chi connectivity index (χ2n) is 7.12. The molecule has 2 saturated heterocycles. The third-order valence-corrected chi connectivity index (χ3v) is 7.16. The van der Waals surface area contributed by atoms with E-state index >= 15 is 0 Å². The van der Waals surface area contributed by atoms with E-state index in [0.717, 1.165) is 49.4 Å². The first-order valence-corrected chi connectivity index (χ1v) is 10.5. The van der Waals surface area contributed by atoms with Crippen molar-refractivity contribution in [3.05, 3.63) is 47.4 Å². The molecule has 1 N–H and O–H groups in total. The van der Waals surface area contributed by atoms with Crippen molar-refractivity contribution < 1.29 is 22.7 Å². The molecule has 3 heterocycles. The maximum Gasteiger partial charge on any atom is 0.243 e. The van der Waals surface area contributed by atoms with Gasteiger partial charge in [-0.2, -0.15) is 4.31 Å². The predicted octanol–water partition coefficient (Wildman–Crippen LogP) is 2.13. The molecule has 1 aromatic carbocycles. The van der Waals surface area contributed by atoms with E-state index in [4.69, 9.17) is 0 Å². The highest BCUT2D eigenvalue weighted by Crippen LogP contribution is 2.34. The van der Waals surface area contributed by atoms with Crippen LogP contribution in [0.2, 0.25) is 0 Å². The molecule has 2 fully saturated rings. The fourth-order valence-corrected chi connectivity index (χ4v) is 5.21. The molecule has 0 unspecified atom stereocenters. The Morgan fingerprint density at radius 1 is 1.18 bits per heavy atom. The Morgan fingerprint density at radius 2 is 1.89 bits per heavy atom. The molecule has 7 nitrogen and oxygen atoms in total. The lowest BCUT2D eigenvalue weighted by Gasteiger charge is -2.38. The van der Waals surface area contributed by atoms with Gasteiger partial charge in [-0.15, -0.1) is 0 Å². The number of nitrogens with zero attached hydrogens (tertiary/aromatic N) is 3. The molecule has 0 spiro atoms. The maximum atomic E-state index is 13.8. The van der Waals surface area contributed by atoms with Crippen LogP contribution < -0.4 is 4.90 Å². The van der Waals surface area contributed by atoms with Crippen LogP contribution in [0.15, 0.2) is 35.4 Å². The number of carbonyl (C=O) groups is 1. The van der Waals surface area contributed by atoms with Crippen molar-refractivity contribution in [2.24, 2.45) is 0 Å². The number of aromatic hydroxyl groups is 1. The smallest absolute Gasteiger partial charge is 0.243 e. The number of phenols is 1. The van der Waals surface area contributed by atoms with Crippen LogP contribution in [0.3, 0.4) is 0 Å². The number of phenolic OH excluding ortho intramolecular Hbond substituents is 1. The zero-order valence-electron chi connectivity index (χ0n) is 15.1. The van der Waals surface area contributed by atoms with Crippen molar-refractivity contribution in [3.8, 4) is 5.75 Å². The molecule has 9 heteroatoms. The van der Waals surface area contributed by atoms with E-state index in [1.165, 1.54) is 4.31 Å². The van der Waals surface area contributed by atoms with Gasteiger partial charge in [0.25, 0.3) is 0 Å². The highest BCUT2D eigenvalue weighted by atomic mass is 32.2. The second kappa shape index (κ2) is 7.14. The highest BCUT2D eigenvalue weighted by Gasteiger charge is 2.38. The van der Waals surface area contributed by atoms with Gasteiger partial charge in [-0.05, 0) is 42.7 Å². The van der Waals surface area contributed by atoms with E-state index in [1.54, 1.807) is 6.20 Å². The SMILES string of the molecule is O=Cc1cc(S(=O)(=O)N2CC(c3ccnc(N4CCCC4)c3)C2)cc(F)c1O. The summed E-state index contributed by atoms with van der Waals surface area (Å²) in [5, 5.41) is 9.48. The molecule has 2 aliphatic heterocycles. The Labute approximate surface area is 162 Å². The first-order chi connectivity index (χ1) is 13.4.